The van der Waals surface area contributed by atoms with Crippen molar-refractivity contribution in [2.45, 2.75) is 57.2 Å². The lowest BCUT2D eigenvalue weighted by Crippen LogP contribution is -2.56. The second-order valence-corrected chi connectivity index (χ2v) is 10.3. The quantitative estimate of drug-likeness (QED) is 0.553. The van der Waals surface area contributed by atoms with E-state index in [-0.39, 0.29) is 30.8 Å². The summed E-state index contributed by atoms with van der Waals surface area (Å²) in [5.41, 5.74) is 1.49. The molecule has 3 N–H and O–H groups in total. The molecule has 1 aliphatic heterocycles. The van der Waals surface area contributed by atoms with Crippen LogP contribution in [-0.2, 0) is 27.2 Å². The van der Waals surface area contributed by atoms with E-state index < -0.39 is 35.7 Å². The molecule has 0 bridgehead atoms. The molecule has 0 radical (unpaired) electrons. The molecule has 1 saturated carbocycles. The summed E-state index contributed by atoms with van der Waals surface area (Å²) >= 11 is 0. The van der Waals surface area contributed by atoms with Gasteiger partial charge < -0.3 is 25.6 Å². The maximum atomic E-state index is 13.9. The lowest BCUT2D eigenvalue weighted by atomic mass is 10.0. The van der Waals surface area contributed by atoms with E-state index in [0.717, 1.165) is 18.4 Å². The van der Waals surface area contributed by atoms with Crippen LogP contribution >= 0.6 is 0 Å². The molecule has 3 atom stereocenters. The van der Waals surface area contributed by atoms with Crippen LogP contribution in [0.25, 0.3) is 0 Å². The number of ether oxygens (including phenoxy) is 1. The highest BCUT2D eigenvalue weighted by molar-refractivity contribution is 5.93. The summed E-state index contributed by atoms with van der Waals surface area (Å²) in [4.78, 5) is 41.1. The van der Waals surface area contributed by atoms with Crippen LogP contribution in [0.15, 0.2) is 42.5 Å². The lowest BCUT2D eigenvalue weighted by molar-refractivity contribution is -0.141. The SMILES string of the molecule is C[C@@H]1C(=O)N[C@H](Cc2ccc(F)cc2)C(=O)NCCCc2ccc(F)cc2OCCN[C@@H](C2CC2)C(=O)N1C. The molecule has 0 unspecified atom stereocenters. The van der Waals surface area contributed by atoms with Crippen molar-refractivity contribution in [3.63, 3.8) is 0 Å². The second kappa shape index (κ2) is 13.0. The van der Waals surface area contributed by atoms with Gasteiger partial charge in [0, 0.05) is 32.6 Å². The zero-order valence-electron chi connectivity index (χ0n) is 22.3. The fourth-order valence-corrected chi connectivity index (χ4v) is 4.69. The van der Waals surface area contributed by atoms with Crippen LogP contribution in [0.2, 0.25) is 0 Å². The van der Waals surface area contributed by atoms with Crippen molar-refractivity contribution in [3.8, 4) is 5.75 Å². The first-order chi connectivity index (χ1) is 18.7. The number of fused-ring (bicyclic) bond motifs is 1. The Labute approximate surface area is 227 Å². The molecule has 0 spiro atoms. The predicted molar refractivity (Wildman–Crippen MR) is 142 cm³/mol. The summed E-state index contributed by atoms with van der Waals surface area (Å²) in [5, 5.41) is 8.92. The van der Waals surface area contributed by atoms with Crippen molar-refractivity contribution in [2.24, 2.45) is 5.92 Å². The molecule has 3 amide bonds. The molecule has 2 aromatic rings. The first kappa shape index (κ1) is 28.5. The maximum Gasteiger partial charge on any atom is 0.243 e. The lowest BCUT2D eigenvalue weighted by Gasteiger charge is -2.30. The van der Waals surface area contributed by atoms with Crippen LogP contribution in [0.3, 0.4) is 0 Å². The topological polar surface area (TPSA) is 99.8 Å². The number of hydrogen-bond donors (Lipinski definition) is 3. The van der Waals surface area contributed by atoms with Crippen LogP contribution in [0, 0.1) is 17.6 Å². The molecule has 2 aromatic carbocycles. The summed E-state index contributed by atoms with van der Waals surface area (Å²) in [7, 11) is 1.58. The minimum absolute atomic E-state index is 0.157. The molecule has 0 saturated heterocycles. The Hall–Kier alpha value is -3.53. The number of amides is 3. The number of nitrogens with one attached hydrogen (secondary N) is 3. The van der Waals surface area contributed by atoms with E-state index in [1.54, 1.807) is 32.2 Å². The first-order valence-corrected chi connectivity index (χ1v) is 13.5. The summed E-state index contributed by atoms with van der Waals surface area (Å²) in [6, 6.07) is 7.92. The highest BCUT2D eigenvalue weighted by Gasteiger charge is 2.39. The van der Waals surface area contributed by atoms with Gasteiger partial charge in [-0.1, -0.05) is 18.2 Å². The molecule has 1 aliphatic carbocycles. The van der Waals surface area contributed by atoms with Gasteiger partial charge in [0.05, 0.1) is 6.04 Å². The molecule has 1 fully saturated rings. The van der Waals surface area contributed by atoms with Gasteiger partial charge in [-0.25, -0.2) is 8.78 Å². The van der Waals surface area contributed by atoms with E-state index in [4.69, 9.17) is 4.74 Å². The Morgan fingerprint density at radius 2 is 1.69 bits per heavy atom. The molecule has 210 valence electrons. The summed E-state index contributed by atoms with van der Waals surface area (Å²) in [6.07, 6.45) is 3.09. The largest absolute Gasteiger partial charge is 0.492 e. The van der Waals surface area contributed by atoms with E-state index in [1.165, 1.54) is 29.2 Å². The standard InChI is InChI=1S/C29H36F2N4O4/c1-18-27(36)34-24(16-19-5-10-22(30)11-6-19)28(37)33-13-3-4-20-9-12-23(31)17-25(20)39-15-14-32-26(21-7-8-21)29(38)35(18)2/h5-6,9-12,17-18,21,24,26,32H,3-4,7-8,13-16H2,1-2H3,(H,33,37)(H,34,36)/t18-,24-,26+/m1/s1. The smallest absolute Gasteiger partial charge is 0.243 e. The molecule has 4 rings (SSSR count). The molecule has 2 aliphatic rings. The molecule has 39 heavy (non-hydrogen) atoms. The van der Waals surface area contributed by atoms with Crippen molar-refractivity contribution in [1.29, 1.82) is 0 Å². The summed E-state index contributed by atoms with van der Waals surface area (Å²) < 4.78 is 33.2. The Morgan fingerprint density at radius 3 is 2.41 bits per heavy atom. The minimum Gasteiger partial charge on any atom is -0.492 e. The van der Waals surface area contributed by atoms with Crippen LogP contribution in [0.4, 0.5) is 8.78 Å². The predicted octanol–water partition coefficient (Wildman–Crippen LogP) is 2.35. The molecule has 10 heteroatoms. The number of likely N-dealkylation sites (N-methyl/N-ethyl adjacent to an activating group) is 1. The van der Waals surface area contributed by atoms with Gasteiger partial charge in [0.15, 0.2) is 0 Å². The number of carbonyl (C=O) groups is 3. The fourth-order valence-electron chi connectivity index (χ4n) is 4.69. The van der Waals surface area contributed by atoms with Gasteiger partial charge in [-0.3, -0.25) is 14.4 Å². The van der Waals surface area contributed by atoms with Gasteiger partial charge in [-0.2, -0.15) is 0 Å². The molecule has 8 nitrogen and oxygen atoms in total. The Morgan fingerprint density at radius 1 is 0.974 bits per heavy atom. The fraction of sp³-hybridized carbons (Fsp3) is 0.483. The highest BCUT2D eigenvalue weighted by atomic mass is 19.1. The zero-order chi connectivity index (χ0) is 27.9. The van der Waals surface area contributed by atoms with Gasteiger partial charge in [0.2, 0.25) is 17.7 Å². The number of benzene rings is 2. The third kappa shape index (κ3) is 7.75. The van der Waals surface area contributed by atoms with Gasteiger partial charge in [-0.15, -0.1) is 0 Å². The number of rotatable bonds is 3. The number of aryl methyl sites for hydroxylation is 1. The van der Waals surface area contributed by atoms with Crippen molar-refractivity contribution >= 4 is 17.7 Å². The van der Waals surface area contributed by atoms with E-state index in [2.05, 4.69) is 16.0 Å². The van der Waals surface area contributed by atoms with Crippen molar-refractivity contribution in [3.05, 3.63) is 65.2 Å². The van der Waals surface area contributed by atoms with Crippen molar-refractivity contribution < 1.29 is 27.9 Å². The van der Waals surface area contributed by atoms with E-state index in [0.29, 0.717) is 37.2 Å². The maximum absolute atomic E-state index is 13.9. The van der Waals surface area contributed by atoms with Gasteiger partial charge >= 0.3 is 0 Å². The number of carbonyl (C=O) groups excluding carboxylic acids is 3. The average Bonchev–Trinajstić information content (AvgIpc) is 3.76. The number of nitrogens with zero attached hydrogens (tertiary/aromatic N) is 1. The van der Waals surface area contributed by atoms with Crippen molar-refractivity contribution in [2.75, 3.05) is 26.7 Å². The number of halogens is 2. The normalized spacial score (nSPS) is 24.1. The first-order valence-electron chi connectivity index (χ1n) is 13.5. The third-order valence-electron chi connectivity index (χ3n) is 7.33. The van der Waals surface area contributed by atoms with Gasteiger partial charge in [0.1, 0.15) is 36.1 Å². The van der Waals surface area contributed by atoms with E-state index in [9.17, 15) is 23.2 Å². The van der Waals surface area contributed by atoms with Crippen LogP contribution in [0.5, 0.6) is 5.75 Å². The highest BCUT2D eigenvalue weighted by Crippen LogP contribution is 2.33. The Bertz CT molecular complexity index is 1170. The second-order valence-electron chi connectivity index (χ2n) is 10.3. The summed E-state index contributed by atoms with van der Waals surface area (Å²) in [6.45, 7) is 2.57. The molecular weight excluding hydrogens is 506 g/mol. The van der Waals surface area contributed by atoms with Crippen LogP contribution in [-0.4, -0.2) is 67.5 Å². The number of hydrogen-bond acceptors (Lipinski definition) is 5. The third-order valence-corrected chi connectivity index (χ3v) is 7.33. The Kier molecular flexibility index (Phi) is 9.50. The van der Waals surface area contributed by atoms with E-state index in [1.807, 2.05) is 0 Å². The molecule has 1 heterocycles. The monoisotopic (exact) mass is 542 g/mol. The molecular formula is C29H36F2N4O4. The average molecular weight is 543 g/mol. The van der Waals surface area contributed by atoms with Gasteiger partial charge in [0.25, 0.3) is 0 Å². The minimum atomic E-state index is -0.921. The van der Waals surface area contributed by atoms with E-state index >= 15 is 0 Å². The molecule has 0 aromatic heterocycles. The van der Waals surface area contributed by atoms with Crippen LogP contribution < -0.4 is 20.7 Å². The van der Waals surface area contributed by atoms with Crippen molar-refractivity contribution in [1.82, 2.24) is 20.9 Å². The summed E-state index contributed by atoms with van der Waals surface area (Å²) in [5.74, 6) is -1.25. The Balaban J connectivity index is 1.55. The van der Waals surface area contributed by atoms with Gasteiger partial charge in [-0.05, 0) is 67.9 Å². The zero-order valence-corrected chi connectivity index (χ0v) is 22.3. The van der Waals surface area contributed by atoms with Crippen LogP contribution in [0.1, 0.15) is 37.3 Å².